The van der Waals surface area contributed by atoms with Gasteiger partial charge in [-0.3, -0.25) is 9.59 Å². The zero-order valence-electron chi connectivity index (χ0n) is 21.1. The third-order valence-electron chi connectivity index (χ3n) is 6.20. The summed E-state index contributed by atoms with van der Waals surface area (Å²) < 4.78 is 47.7. The van der Waals surface area contributed by atoms with Crippen LogP contribution in [0.3, 0.4) is 0 Å². The summed E-state index contributed by atoms with van der Waals surface area (Å²) in [6.45, 7) is 0.438. The van der Waals surface area contributed by atoms with Crippen molar-refractivity contribution in [2.75, 3.05) is 13.1 Å². The Morgan fingerprint density at radius 3 is 2.33 bits per heavy atom. The zero-order chi connectivity index (χ0) is 29.1. The van der Waals surface area contributed by atoms with Gasteiger partial charge >= 0.3 is 6.36 Å². The lowest BCUT2D eigenvalue weighted by Crippen LogP contribution is -2.51. The molecule has 3 aromatic rings. The Balaban J connectivity index is 1.54. The van der Waals surface area contributed by atoms with Gasteiger partial charge < -0.3 is 19.7 Å². The number of carbonyl (C=O) groups is 2. The Morgan fingerprint density at radius 2 is 1.68 bits per heavy atom. The first kappa shape index (κ1) is 29.2. The predicted molar refractivity (Wildman–Crippen MR) is 144 cm³/mol. The minimum Gasteiger partial charge on any atom is -0.501 e. The van der Waals surface area contributed by atoms with Gasteiger partial charge in [0.25, 0.3) is 11.8 Å². The highest BCUT2D eigenvalue weighted by atomic mass is 19.4. The topological polar surface area (TPSA) is 80.8 Å². The summed E-state index contributed by atoms with van der Waals surface area (Å²) in [6, 6.07) is 15.1. The number of alkyl halides is 3. The summed E-state index contributed by atoms with van der Waals surface area (Å²) in [5.74, 6) is -2.22. The van der Waals surface area contributed by atoms with Crippen molar-refractivity contribution >= 4 is 48.7 Å². The lowest BCUT2D eigenvalue weighted by Gasteiger charge is -2.39. The number of carbonyl (C=O) groups excluding carboxylic acids is 2. The second-order valence-electron chi connectivity index (χ2n) is 9.25. The molecule has 0 aliphatic carbocycles. The monoisotopic (exact) mass is 539 g/mol. The van der Waals surface area contributed by atoms with Gasteiger partial charge in [-0.05, 0) is 40.9 Å². The van der Waals surface area contributed by atoms with E-state index in [0.29, 0.717) is 6.42 Å². The molecule has 2 heterocycles. The quantitative estimate of drug-likeness (QED) is 0.464. The van der Waals surface area contributed by atoms with E-state index in [2.05, 4.69) is 15.0 Å². The van der Waals surface area contributed by atoms with Crippen molar-refractivity contribution in [1.29, 1.82) is 0 Å². The first-order valence-electron chi connectivity index (χ1n) is 12.1. The van der Waals surface area contributed by atoms with Gasteiger partial charge in [0.1, 0.15) is 37.1 Å². The molecule has 40 heavy (non-hydrogen) atoms. The van der Waals surface area contributed by atoms with E-state index in [0.717, 1.165) is 11.6 Å². The van der Waals surface area contributed by atoms with E-state index in [1.54, 1.807) is 4.90 Å². The second-order valence-corrected chi connectivity index (χ2v) is 9.25. The molecule has 14 heteroatoms. The summed E-state index contributed by atoms with van der Waals surface area (Å²) in [7, 11) is 22.2. The molecule has 1 aliphatic rings. The molecule has 2 amide bonds. The van der Waals surface area contributed by atoms with Gasteiger partial charge in [0, 0.05) is 31.2 Å². The first-order chi connectivity index (χ1) is 18.8. The highest BCUT2D eigenvalue weighted by Crippen LogP contribution is 2.30. The number of hydrogen-bond donors (Lipinski definition) is 1. The van der Waals surface area contributed by atoms with Gasteiger partial charge in [-0.2, -0.15) is 0 Å². The Kier molecular flexibility index (Phi) is 8.56. The summed E-state index contributed by atoms with van der Waals surface area (Å²) in [6.07, 6.45) is -3.39. The van der Waals surface area contributed by atoms with E-state index in [4.69, 9.17) is 36.1 Å². The number of nitrogens with one attached hydrogen (secondary N) is 1. The maximum atomic E-state index is 13.4. The lowest BCUT2D eigenvalue weighted by atomic mass is 9.52. The summed E-state index contributed by atoms with van der Waals surface area (Å²) in [4.78, 5) is 32.0. The molecule has 7 nitrogen and oxygen atoms in total. The van der Waals surface area contributed by atoms with Crippen LogP contribution in [0, 0.1) is 0 Å². The SMILES string of the molecule is [B]c1cc(C(=O)N2CC[C@@H](NC(=O)c3ccccc3OC(F)(F)F)[C@@H](c3ccccc3)C2)cnc1OC([B])([B])[B]. The minimum absolute atomic E-state index is 0.00178. The van der Waals surface area contributed by atoms with Crippen LogP contribution < -0.4 is 20.3 Å². The summed E-state index contributed by atoms with van der Waals surface area (Å²) in [5.41, 5.74) is 0.745. The van der Waals surface area contributed by atoms with Crippen molar-refractivity contribution < 1.29 is 32.2 Å². The molecule has 1 aliphatic heterocycles. The number of likely N-dealkylation sites (tertiary alicyclic amines) is 1. The number of nitrogens with zero attached hydrogens (tertiary/aromatic N) is 2. The number of ether oxygens (including phenoxy) is 2. The van der Waals surface area contributed by atoms with E-state index >= 15 is 0 Å². The fourth-order valence-electron chi connectivity index (χ4n) is 4.48. The van der Waals surface area contributed by atoms with Crippen LogP contribution in [0.1, 0.15) is 38.6 Å². The van der Waals surface area contributed by atoms with Crippen LogP contribution in [0.15, 0.2) is 66.9 Å². The first-order valence-corrected chi connectivity index (χ1v) is 12.1. The van der Waals surface area contributed by atoms with Gasteiger partial charge in [0.15, 0.2) is 0 Å². The number of para-hydroxylation sites is 1. The number of halogens is 3. The standard InChI is InChI=1S/C26H20B4F3N3O4/c27-19-12-16(13-34-23(19)40-25(28,29)30)24(38)36-11-10-20(18(14-36)15-6-2-1-3-7-15)35-22(37)17-8-4-5-9-21(17)39-26(31,32)33/h1-9,12-13,18,20H,10-11,14H2,(H,35,37)/t18-,20-/m1/s1. The fraction of sp³-hybridized carbons (Fsp3) is 0.269. The Hall–Kier alpha value is -3.82. The average Bonchev–Trinajstić information content (AvgIpc) is 2.89. The maximum Gasteiger partial charge on any atom is 0.573 e. The van der Waals surface area contributed by atoms with E-state index in [9.17, 15) is 22.8 Å². The molecule has 4 rings (SSSR count). The maximum absolute atomic E-state index is 13.4. The van der Waals surface area contributed by atoms with E-state index < -0.39 is 29.4 Å². The number of piperidine rings is 1. The Labute approximate surface area is 234 Å². The molecule has 0 spiro atoms. The number of amides is 2. The Morgan fingerprint density at radius 1 is 1.00 bits per heavy atom. The van der Waals surface area contributed by atoms with Crippen LogP contribution >= 0.6 is 0 Å². The molecule has 1 N–H and O–H groups in total. The number of benzene rings is 2. The van der Waals surface area contributed by atoms with Gasteiger partial charge in [0.2, 0.25) is 5.88 Å². The van der Waals surface area contributed by atoms with Crippen LogP contribution in [0.25, 0.3) is 0 Å². The van der Waals surface area contributed by atoms with Crippen molar-refractivity contribution in [3.8, 4) is 11.6 Å². The minimum atomic E-state index is -4.96. The third-order valence-corrected chi connectivity index (χ3v) is 6.20. The normalized spacial score (nSPS) is 17.6. The molecule has 1 aromatic heterocycles. The largest absolute Gasteiger partial charge is 0.573 e. The summed E-state index contributed by atoms with van der Waals surface area (Å²) in [5, 5.41) is 0.826. The highest BCUT2D eigenvalue weighted by Gasteiger charge is 2.36. The van der Waals surface area contributed by atoms with E-state index in [-0.39, 0.29) is 47.4 Å². The van der Waals surface area contributed by atoms with Crippen molar-refractivity contribution in [3.05, 3.63) is 83.6 Å². The van der Waals surface area contributed by atoms with Crippen molar-refractivity contribution in [2.45, 2.75) is 30.0 Å². The molecule has 2 atom stereocenters. The van der Waals surface area contributed by atoms with Crippen LogP contribution in [-0.4, -0.2) is 83.9 Å². The van der Waals surface area contributed by atoms with Crippen LogP contribution in [0.2, 0.25) is 0 Å². The lowest BCUT2D eigenvalue weighted by molar-refractivity contribution is -0.274. The smallest absolute Gasteiger partial charge is 0.501 e. The second kappa shape index (κ2) is 11.7. The zero-order valence-corrected chi connectivity index (χ0v) is 21.1. The fourth-order valence-corrected chi connectivity index (χ4v) is 4.48. The van der Waals surface area contributed by atoms with Gasteiger partial charge in [-0.25, -0.2) is 4.98 Å². The number of rotatable bonds is 7. The van der Waals surface area contributed by atoms with Crippen molar-refractivity contribution in [3.63, 3.8) is 0 Å². The van der Waals surface area contributed by atoms with Gasteiger partial charge in [-0.1, -0.05) is 42.5 Å². The summed E-state index contributed by atoms with van der Waals surface area (Å²) >= 11 is 0. The molecular formula is C26H20B4F3N3O4. The number of aromatic nitrogens is 1. The third kappa shape index (κ3) is 7.43. The van der Waals surface area contributed by atoms with Crippen molar-refractivity contribution in [2.24, 2.45) is 0 Å². The molecule has 0 saturated carbocycles. The average molecular weight is 539 g/mol. The molecule has 0 unspecified atom stereocenters. The van der Waals surface area contributed by atoms with Gasteiger partial charge in [0.05, 0.1) is 11.1 Å². The molecule has 196 valence electrons. The number of hydrogen-bond acceptors (Lipinski definition) is 5. The van der Waals surface area contributed by atoms with Crippen LogP contribution in [0.5, 0.6) is 11.6 Å². The van der Waals surface area contributed by atoms with E-state index in [1.807, 2.05) is 30.3 Å². The predicted octanol–water partition coefficient (Wildman–Crippen LogP) is 1.70. The molecule has 2 aromatic carbocycles. The molecule has 8 radical (unpaired) electrons. The Bertz CT molecular complexity index is 1370. The van der Waals surface area contributed by atoms with Gasteiger partial charge in [-0.15, -0.1) is 13.2 Å². The van der Waals surface area contributed by atoms with E-state index in [1.165, 1.54) is 30.5 Å². The molecule has 1 fully saturated rings. The van der Waals surface area contributed by atoms with Crippen LogP contribution in [-0.2, 0) is 0 Å². The van der Waals surface area contributed by atoms with Crippen LogP contribution in [0.4, 0.5) is 13.2 Å². The molecule has 1 saturated heterocycles. The van der Waals surface area contributed by atoms with Crippen molar-refractivity contribution in [1.82, 2.24) is 15.2 Å². The molecular weight excluding hydrogens is 519 g/mol. The highest BCUT2D eigenvalue weighted by molar-refractivity contribution is 6.58. The molecule has 0 bridgehead atoms. The number of pyridine rings is 1.